The molecule has 27 heavy (non-hydrogen) atoms. The van der Waals surface area contributed by atoms with Crippen LogP contribution < -0.4 is 14.9 Å². The lowest BCUT2D eigenvalue weighted by atomic mass is 10.1. The van der Waals surface area contributed by atoms with Gasteiger partial charge in [0.25, 0.3) is 5.69 Å². The number of hydrogen-bond acceptors (Lipinski definition) is 7. The number of carbonyl (C=O) groups is 1. The third-order valence-electron chi connectivity index (χ3n) is 3.73. The lowest BCUT2D eigenvalue weighted by molar-refractivity contribution is -0.384. The number of aromatic hydroxyl groups is 1. The van der Waals surface area contributed by atoms with Gasteiger partial charge in [-0.15, -0.1) is 0 Å². The third-order valence-corrected chi connectivity index (χ3v) is 3.73. The molecule has 2 rings (SSSR count). The molecule has 9 heteroatoms. The molecule has 0 fully saturated rings. The summed E-state index contributed by atoms with van der Waals surface area (Å²) in [5, 5.41) is 24.6. The van der Waals surface area contributed by atoms with E-state index in [2.05, 4.69) is 10.5 Å². The predicted molar refractivity (Wildman–Crippen MR) is 98.5 cm³/mol. The normalized spacial score (nSPS) is 10.6. The maximum absolute atomic E-state index is 12.0. The Kier molecular flexibility index (Phi) is 6.32. The highest BCUT2D eigenvalue weighted by atomic mass is 16.6. The van der Waals surface area contributed by atoms with Crippen LogP contribution in [0.15, 0.2) is 35.4 Å². The third kappa shape index (κ3) is 4.94. The van der Waals surface area contributed by atoms with Crippen molar-refractivity contribution in [2.75, 3.05) is 14.2 Å². The van der Waals surface area contributed by atoms with Gasteiger partial charge in [0.15, 0.2) is 11.5 Å². The fraction of sp³-hybridized carbons (Fsp3) is 0.222. The first kappa shape index (κ1) is 19.7. The van der Waals surface area contributed by atoms with Crippen LogP contribution in [0.4, 0.5) is 5.69 Å². The van der Waals surface area contributed by atoms with E-state index in [0.29, 0.717) is 22.6 Å². The molecule has 2 N–H and O–H groups in total. The highest BCUT2D eigenvalue weighted by Crippen LogP contribution is 2.28. The molecule has 2 aromatic carbocycles. The molecular weight excluding hydrogens is 354 g/mol. The number of hydrogen-bond donors (Lipinski definition) is 2. The van der Waals surface area contributed by atoms with Crippen molar-refractivity contribution in [2.24, 2.45) is 5.10 Å². The highest BCUT2D eigenvalue weighted by molar-refractivity contribution is 5.87. The number of nitro groups is 1. The van der Waals surface area contributed by atoms with Crippen LogP contribution in [0.3, 0.4) is 0 Å². The first-order valence-corrected chi connectivity index (χ1v) is 7.86. The number of non-ortho nitro benzene ring substituents is 1. The van der Waals surface area contributed by atoms with Crippen LogP contribution in [0, 0.1) is 17.0 Å². The number of benzene rings is 2. The van der Waals surface area contributed by atoms with Crippen LogP contribution >= 0.6 is 0 Å². The summed E-state index contributed by atoms with van der Waals surface area (Å²) in [6.45, 7) is 1.54. The van der Waals surface area contributed by atoms with E-state index in [1.807, 2.05) is 0 Å². The van der Waals surface area contributed by atoms with E-state index in [1.165, 1.54) is 33.3 Å². The Morgan fingerprint density at radius 2 is 1.96 bits per heavy atom. The van der Waals surface area contributed by atoms with E-state index in [4.69, 9.17) is 9.47 Å². The summed E-state index contributed by atoms with van der Waals surface area (Å²) in [7, 11) is 3.02. The molecule has 0 saturated carbocycles. The highest BCUT2D eigenvalue weighted by Gasteiger charge is 2.13. The Balaban J connectivity index is 2.06. The van der Waals surface area contributed by atoms with Crippen molar-refractivity contribution in [1.29, 1.82) is 0 Å². The lowest BCUT2D eigenvalue weighted by Gasteiger charge is -2.09. The van der Waals surface area contributed by atoms with Crippen LogP contribution in [-0.2, 0) is 11.2 Å². The standard InChI is InChI=1S/C18H19N3O6/c1-11-6-14(21(24)25)9-13(18(11)23)10-19-20-17(22)8-12-4-5-15(26-2)16(7-12)27-3/h4-7,9-10,23H,8H2,1-3H3,(H,20,22)/b19-10+. The molecule has 0 aliphatic carbocycles. The van der Waals surface area contributed by atoms with E-state index in [9.17, 15) is 20.0 Å². The second-order valence-corrected chi connectivity index (χ2v) is 5.62. The van der Waals surface area contributed by atoms with Crippen molar-refractivity contribution in [3.63, 3.8) is 0 Å². The van der Waals surface area contributed by atoms with Crippen molar-refractivity contribution in [3.8, 4) is 17.2 Å². The number of aryl methyl sites for hydroxylation is 1. The zero-order valence-corrected chi connectivity index (χ0v) is 15.1. The van der Waals surface area contributed by atoms with Crippen molar-refractivity contribution < 1.29 is 24.3 Å². The quantitative estimate of drug-likeness (QED) is 0.436. The molecule has 1 amide bonds. The van der Waals surface area contributed by atoms with Crippen LogP contribution in [0.2, 0.25) is 0 Å². The zero-order valence-electron chi connectivity index (χ0n) is 15.1. The largest absolute Gasteiger partial charge is 0.507 e. The second-order valence-electron chi connectivity index (χ2n) is 5.62. The summed E-state index contributed by atoms with van der Waals surface area (Å²) < 4.78 is 10.3. The van der Waals surface area contributed by atoms with Gasteiger partial charge < -0.3 is 14.6 Å². The fourth-order valence-electron chi connectivity index (χ4n) is 2.38. The van der Waals surface area contributed by atoms with E-state index >= 15 is 0 Å². The Morgan fingerprint density at radius 3 is 2.59 bits per heavy atom. The maximum Gasteiger partial charge on any atom is 0.270 e. The summed E-state index contributed by atoms with van der Waals surface area (Å²) in [5.74, 6) is 0.512. The van der Waals surface area contributed by atoms with Gasteiger partial charge >= 0.3 is 0 Å². The number of carbonyl (C=O) groups excluding carboxylic acids is 1. The average Bonchev–Trinajstić information content (AvgIpc) is 2.64. The van der Waals surface area contributed by atoms with Crippen LogP contribution in [-0.4, -0.2) is 36.4 Å². The van der Waals surface area contributed by atoms with Crippen molar-refractivity contribution in [3.05, 3.63) is 57.1 Å². The van der Waals surface area contributed by atoms with Gasteiger partial charge in [-0.2, -0.15) is 5.10 Å². The number of phenols is 1. The number of ether oxygens (including phenoxy) is 2. The van der Waals surface area contributed by atoms with Crippen molar-refractivity contribution in [1.82, 2.24) is 5.43 Å². The van der Waals surface area contributed by atoms with E-state index < -0.39 is 10.8 Å². The van der Waals surface area contributed by atoms with E-state index in [-0.39, 0.29) is 23.4 Å². The monoisotopic (exact) mass is 373 g/mol. The van der Waals surface area contributed by atoms with Crippen LogP contribution in [0.5, 0.6) is 17.2 Å². The van der Waals surface area contributed by atoms with Crippen molar-refractivity contribution in [2.45, 2.75) is 13.3 Å². The topological polar surface area (TPSA) is 123 Å². The molecule has 9 nitrogen and oxygen atoms in total. The Labute approximate surface area is 155 Å². The molecule has 0 atom stereocenters. The van der Waals surface area contributed by atoms with Crippen molar-refractivity contribution >= 4 is 17.8 Å². The Morgan fingerprint density at radius 1 is 1.26 bits per heavy atom. The number of nitrogens with one attached hydrogen (secondary N) is 1. The predicted octanol–water partition coefficient (Wildman–Crippen LogP) is 2.32. The van der Waals surface area contributed by atoms with Gasteiger partial charge in [0, 0.05) is 17.7 Å². The average molecular weight is 373 g/mol. The molecule has 0 aliphatic heterocycles. The molecule has 2 aromatic rings. The number of nitrogens with zero attached hydrogens (tertiary/aromatic N) is 2. The summed E-state index contributed by atoms with van der Waals surface area (Å²) in [6.07, 6.45) is 1.19. The minimum atomic E-state index is -0.570. The summed E-state index contributed by atoms with van der Waals surface area (Å²) >= 11 is 0. The number of rotatable bonds is 7. The first-order valence-electron chi connectivity index (χ1n) is 7.86. The molecule has 0 saturated heterocycles. The second kappa shape index (κ2) is 8.65. The molecule has 0 bridgehead atoms. The number of hydrazone groups is 1. The van der Waals surface area contributed by atoms with E-state index in [1.54, 1.807) is 18.2 Å². The van der Waals surface area contributed by atoms with Crippen LogP contribution in [0.25, 0.3) is 0 Å². The number of nitro benzene ring substituents is 1. The molecular formula is C18H19N3O6. The van der Waals surface area contributed by atoms with Crippen LogP contribution in [0.1, 0.15) is 16.7 Å². The van der Waals surface area contributed by atoms with Gasteiger partial charge in [-0.3, -0.25) is 14.9 Å². The number of methoxy groups -OCH3 is 2. The Hall–Kier alpha value is -3.62. The van der Waals surface area contributed by atoms with Gasteiger partial charge in [-0.05, 0) is 30.2 Å². The molecule has 0 unspecified atom stereocenters. The first-order chi connectivity index (χ1) is 12.8. The fourth-order valence-corrected chi connectivity index (χ4v) is 2.38. The molecule has 0 radical (unpaired) electrons. The van der Waals surface area contributed by atoms with Gasteiger partial charge in [-0.1, -0.05) is 6.07 Å². The van der Waals surface area contributed by atoms with Gasteiger partial charge in [0.05, 0.1) is 31.8 Å². The molecule has 142 valence electrons. The summed E-state index contributed by atoms with van der Waals surface area (Å²) in [6, 6.07) is 7.52. The van der Waals surface area contributed by atoms with Gasteiger partial charge in [0.2, 0.25) is 5.91 Å². The molecule has 0 heterocycles. The van der Waals surface area contributed by atoms with Gasteiger partial charge in [0.1, 0.15) is 5.75 Å². The smallest absolute Gasteiger partial charge is 0.270 e. The minimum absolute atomic E-state index is 0.0393. The number of phenolic OH excluding ortho intramolecular Hbond substituents is 1. The summed E-state index contributed by atoms with van der Waals surface area (Å²) in [5.41, 5.74) is 3.30. The maximum atomic E-state index is 12.0. The Bertz CT molecular complexity index is 895. The molecule has 0 aliphatic rings. The minimum Gasteiger partial charge on any atom is -0.507 e. The molecule has 0 aromatic heterocycles. The summed E-state index contributed by atoms with van der Waals surface area (Å²) in [4.78, 5) is 22.3. The molecule has 0 spiro atoms. The lowest BCUT2D eigenvalue weighted by Crippen LogP contribution is -2.19. The van der Waals surface area contributed by atoms with E-state index in [0.717, 1.165) is 6.21 Å². The number of amides is 1. The van der Waals surface area contributed by atoms with Gasteiger partial charge in [-0.25, -0.2) is 5.43 Å². The zero-order chi connectivity index (χ0) is 20.0. The SMILES string of the molecule is COc1ccc(CC(=O)N/N=C/c2cc([N+](=O)[O-])cc(C)c2O)cc1OC.